The van der Waals surface area contributed by atoms with Gasteiger partial charge >= 0.3 is 12.3 Å². The minimum Gasteiger partial charge on any atom is -0.440 e. The third kappa shape index (κ3) is 4.71. The van der Waals surface area contributed by atoms with E-state index in [2.05, 4.69) is 4.74 Å². The summed E-state index contributed by atoms with van der Waals surface area (Å²) in [6.07, 6.45) is -5.96. The van der Waals surface area contributed by atoms with Crippen molar-refractivity contribution in [3.05, 3.63) is 29.6 Å². The Morgan fingerprint density at radius 1 is 1.41 bits per heavy atom. The molecule has 1 aromatic carbocycles. The summed E-state index contributed by atoms with van der Waals surface area (Å²) >= 11 is 0. The van der Waals surface area contributed by atoms with Gasteiger partial charge in [0, 0.05) is 0 Å². The standard InChI is InChI=1S/C10H9F4NO2/c1-6-2-3-7(11)8(4-6)15-9(16)17-5-10(12,13)14/h2-4H,5H2,1H3,(H,15,16). The minimum atomic E-state index is -4.61. The van der Waals surface area contributed by atoms with E-state index >= 15 is 0 Å². The number of ether oxygens (including phenoxy) is 1. The number of carbonyl (C=O) groups is 1. The molecule has 0 radical (unpaired) electrons. The molecule has 0 aliphatic heterocycles. The summed E-state index contributed by atoms with van der Waals surface area (Å²) in [6.45, 7) is -0.0715. The molecule has 0 aliphatic carbocycles. The lowest BCUT2D eigenvalue weighted by atomic mass is 10.2. The maximum atomic E-state index is 13.1. The summed E-state index contributed by atoms with van der Waals surface area (Å²) < 4.78 is 52.1. The van der Waals surface area contributed by atoms with Crippen molar-refractivity contribution in [3.63, 3.8) is 0 Å². The van der Waals surface area contributed by atoms with Gasteiger partial charge in [-0.25, -0.2) is 9.18 Å². The van der Waals surface area contributed by atoms with Gasteiger partial charge in [-0.05, 0) is 24.6 Å². The van der Waals surface area contributed by atoms with Gasteiger partial charge in [-0.2, -0.15) is 13.2 Å². The van der Waals surface area contributed by atoms with Crippen molar-refractivity contribution >= 4 is 11.8 Å². The van der Waals surface area contributed by atoms with E-state index in [4.69, 9.17) is 0 Å². The first-order chi connectivity index (χ1) is 7.78. The summed E-state index contributed by atoms with van der Waals surface area (Å²) in [4.78, 5) is 10.9. The van der Waals surface area contributed by atoms with Crippen LogP contribution in [-0.2, 0) is 4.74 Å². The average molecular weight is 251 g/mol. The molecule has 1 amide bonds. The van der Waals surface area contributed by atoms with Crippen LogP contribution in [0, 0.1) is 12.7 Å². The number of halogens is 4. The van der Waals surface area contributed by atoms with Gasteiger partial charge in [0.15, 0.2) is 6.61 Å². The molecule has 0 heterocycles. The van der Waals surface area contributed by atoms with Crippen molar-refractivity contribution in [1.29, 1.82) is 0 Å². The summed E-state index contributed by atoms with van der Waals surface area (Å²) in [7, 11) is 0. The molecule has 0 saturated carbocycles. The van der Waals surface area contributed by atoms with Crippen molar-refractivity contribution in [2.75, 3.05) is 11.9 Å². The normalized spacial score (nSPS) is 11.1. The molecule has 17 heavy (non-hydrogen) atoms. The van der Waals surface area contributed by atoms with E-state index in [9.17, 15) is 22.4 Å². The van der Waals surface area contributed by atoms with E-state index in [1.807, 2.05) is 5.32 Å². The number of amides is 1. The number of benzene rings is 1. The van der Waals surface area contributed by atoms with Gasteiger partial charge in [0.1, 0.15) is 5.82 Å². The number of hydrogen-bond donors (Lipinski definition) is 1. The van der Waals surface area contributed by atoms with Crippen molar-refractivity contribution in [1.82, 2.24) is 0 Å². The van der Waals surface area contributed by atoms with Crippen molar-refractivity contribution in [2.45, 2.75) is 13.1 Å². The highest BCUT2D eigenvalue weighted by atomic mass is 19.4. The van der Waals surface area contributed by atoms with Gasteiger partial charge in [0.05, 0.1) is 5.69 Å². The van der Waals surface area contributed by atoms with Crippen LogP contribution in [0.1, 0.15) is 5.56 Å². The fourth-order valence-corrected chi connectivity index (χ4v) is 1.03. The molecule has 0 unspecified atom stereocenters. The Labute approximate surface area is 94.4 Å². The first kappa shape index (κ1) is 13.3. The van der Waals surface area contributed by atoms with Crippen LogP contribution in [0.15, 0.2) is 18.2 Å². The van der Waals surface area contributed by atoms with Crippen LogP contribution >= 0.6 is 0 Å². The summed E-state index contributed by atoms with van der Waals surface area (Å²) in [5.41, 5.74) is 0.426. The lowest BCUT2D eigenvalue weighted by Gasteiger charge is -2.10. The van der Waals surface area contributed by atoms with Crippen LogP contribution in [0.2, 0.25) is 0 Å². The highest BCUT2D eigenvalue weighted by molar-refractivity contribution is 5.84. The third-order valence-corrected chi connectivity index (χ3v) is 1.73. The van der Waals surface area contributed by atoms with Crippen LogP contribution in [0.3, 0.4) is 0 Å². The van der Waals surface area contributed by atoms with Crippen LogP contribution in [0.25, 0.3) is 0 Å². The van der Waals surface area contributed by atoms with Crippen LogP contribution in [0.4, 0.5) is 28.0 Å². The van der Waals surface area contributed by atoms with E-state index in [0.717, 1.165) is 6.07 Å². The molecule has 1 aromatic rings. The van der Waals surface area contributed by atoms with Crippen LogP contribution in [0.5, 0.6) is 0 Å². The fraction of sp³-hybridized carbons (Fsp3) is 0.300. The zero-order valence-corrected chi connectivity index (χ0v) is 8.77. The van der Waals surface area contributed by atoms with E-state index in [1.54, 1.807) is 6.92 Å². The predicted molar refractivity (Wildman–Crippen MR) is 52.2 cm³/mol. The first-order valence-corrected chi connectivity index (χ1v) is 4.54. The Kier molecular flexibility index (Phi) is 3.93. The number of anilines is 1. The highest BCUT2D eigenvalue weighted by Gasteiger charge is 2.29. The molecule has 94 valence electrons. The molecule has 0 spiro atoms. The Balaban J connectivity index is 2.59. The molecule has 0 saturated heterocycles. The van der Waals surface area contributed by atoms with E-state index in [1.165, 1.54) is 12.1 Å². The maximum Gasteiger partial charge on any atom is 0.422 e. The van der Waals surface area contributed by atoms with Crippen LogP contribution in [-0.4, -0.2) is 18.9 Å². The van der Waals surface area contributed by atoms with Crippen LogP contribution < -0.4 is 5.32 Å². The first-order valence-electron chi connectivity index (χ1n) is 4.54. The SMILES string of the molecule is Cc1ccc(F)c(NC(=O)OCC(F)(F)F)c1. The summed E-state index contributed by atoms with van der Waals surface area (Å²) in [5, 5.41) is 1.89. The largest absolute Gasteiger partial charge is 0.440 e. The Morgan fingerprint density at radius 3 is 2.65 bits per heavy atom. The molecular formula is C10H9F4NO2. The van der Waals surface area contributed by atoms with Gasteiger partial charge < -0.3 is 4.74 Å². The van der Waals surface area contributed by atoms with Gasteiger partial charge in [0.25, 0.3) is 0 Å². The molecule has 3 nitrogen and oxygen atoms in total. The number of rotatable bonds is 2. The van der Waals surface area contributed by atoms with Crippen molar-refractivity contribution in [3.8, 4) is 0 Å². The van der Waals surface area contributed by atoms with Gasteiger partial charge in [-0.3, -0.25) is 5.32 Å². The average Bonchev–Trinajstić information content (AvgIpc) is 2.20. The van der Waals surface area contributed by atoms with E-state index in [0.29, 0.717) is 5.56 Å². The van der Waals surface area contributed by atoms with E-state index < -0.39 is 24.7 Å². The second-order valence-electron chi connectivity index (χ2n) is 3.30. The third-order valence-electron chi connectivity index (χ3n) is 1.73. The molecule has 0 fully saturated rings. The molecule has 1 rings (SSSR count). The maximum absolute atomic E-state index is 13.1. The van der Waals surface area contributed by atoms with E-state index in [-0.39, 0.29) is 5.69 Å². The monoisotopic (exact) mass is 251 g/mol. The van der Waals surface area contributed by atoms with Gasteiger partial charge in [-0.1, -0.05) is 6.07 Å². The lowest BCUT2D eigenvalue weighted by molar-refractivity contribution is -0.159. The topological polar surface area (TPSA) is 38.3 Å². The molecular weight excluding hydrogens is 242 g/mol. The lowest BCUT2D eigenvalue weighted by Crippen LogP contribution is -2.23. The molecule has 1 N–H and O–H groups in total. The summed E-state index contributed by atoms with van der Waals surface area (Å²) in [6, 6.07) is 3.83. The molecule has 0 aromatic heterocycles. The second-order valence-corrected chi connectivity index (χ2v) is 3.30. The fourth-order valence-electron chi connectivity index (χ4n) is 1.03. The number of aryl methyl sites for hydroxylation is 1. The molecule has 7 heteroatoms. The number of carbonyl (C=O) groups excluding carboxylic acids is 1. The smallest absolute Gasteiger partial charge is 0.422 e. The second kappa shape index (κ2) is 5.03. The van der Waals surface area contributed by atoms with Gasteiger partial charge in [0.2, 0.25) is 0 Å². The van der Waals surface area contributed by atoms with Crippen molar-refractivity contribution < 1.29 is 27.1 Å². The minimum absolute atomic E-state index is 0.225. The predicted octanol–water partition coefficient (Wildman–Crippen LogP) is 3.24. The van der Waals surface area contributed by atoms with Crippen molar-refractivity contribution in [2.24, 2.45) is 0 Å². The molecule has 0 aliphatic rings. The Bertz CT molecular complexity index is 417. The highest BCUT2D eigenvalue weighted by Crippen LogP contribution is 2.17. The Hall–Kier alpha value is -1.79. The Morgan fingerprint density at radius 2 is 2.06 bits per heavy atom. The number of hydrogen-bond acceptors (Lipinski definition) is 2. The number of alkyl halides is 3. The van der Waals surface area contributed by atoms with Gasteiger partial charge in [-0.15, -0.1) is 0 Å². The molecule has 0 bridgehead atoms. The zero-order chi connectivity index (χ0) is 13.1. The molecule has 0 atom stereocenters. The zero-order valence-electron chi connectivity index (χ0n) is 8.77. The summed E-state index contributed by atoms with van der Waals surface area (Å²) in [5.74, 6) is -0.750. The quantitative estimate of drug-likeness (QED) is 0.819. The number of nitrogens with one attached hydrogen (secondary N) is 1.